The van der Waals surface area contributed by atoms with Gasteiger partial charge < -0.3 is 9.84 Å². The lowest BCUT2D eigenvalue weighted by molar-refractivity contribution is 0.0696. The minimum atomic E-state index is -4.07. The summed E-state index contributed by atoms with van der Waals surface area (Å²) in [6, 6.07) is 3.58. The van der Waals surface area contributed by atoms with Gasteiger partial charge in [-0.05, 0) is 30.0 Å². The fourth-order valence-corrected chi connectivity index (χ4v) is 2.41. The van der Waals surface area contributed by atoms with Crippen LogP contribution >= 0.6 is 10.7 Å². The van der Waals surface area contributed by atoms with E-state index < -0.39 is 15.0 Å². The van der Waals surface area contributed by atoms with E-state index >= 15 is 0 Å². The molecular formula is C13H17ClO5S. The minimum Gasteiger partial charge on any atom is -0.492 e. The zero-order chi connectivity index (χ0) is 15.6. The van der Waals surface area contributed by atoms with Gasteiger partial charge >= 0.3 is 5.97 Å². The Hall–Kier alpha value is -1.27. The van der Waals surface area contributed by atoms with Crippen LogP contribution < -0.4 is 4.74 Å². The van der Waals surface area contributed by atoms with Gasteiger partial charge in [-0.15, -0.1) is 0 Å². The highest BCUT2D eigenvalue weighted by Gasteiger charge is 2.20. The van der Waals surface area contributed by atoms with Gasteiger partial charge in [-0.1, -0.05) is 20.8 Å². The highest BCUT2D eigenvalue weighted by molar-refractivity contribution is 8.13. The number of benzene rings is 1. The van der Waals surface area contributed by atoms with Gasteiger partial charge in [-0.3, -0.25) is 0 Å². The first kappa shape index (κ1) is 16.8. The molecule has 0 atom stereocenters. The van der Waals surface area contributed by atoms with Crippen molar-refractivity contribution < 1.29 is 23.1 Å². The number of carboxylic acids is 1. The Kier molecular flexibility index (Phi) is 5.05. The number of hydrogen-bond donors (Lipinski definition) is 1. The SMILES string of the molecule is CC(C)(C)CCOc1ccc(C(=O)O)cc1S(=O)(=O)Cl. The number of rotatable bonds is 5. The number of carbonyl (C=O) groups is 1. The third-order valence-corrected chi connectivity index (χ3v) is 3.91. The number of ether oxygens (including phenoxy) is 1. The molecular weight excluding hydrogens is 304 g/mol. The monoisotopic (exact) mass is 320 g/mol. The topological polar surface area (TPSA) is 80.7 Å². The molecule has 0 aromatic heterocycles. The molecule has 0 aliphatic rings. The van der Waals surface area contributed by atoms with Gasteiger partial charge in [0.15, 0.2) is 0 Å². The number of carboxylic acid groups (broad SMARTS) is 1. The van der Waals surface area contributed by atoms with Gasteiger partial charge in [-0.2, -0.15) is 0 Å². The molecule has 0 saturated heterocycles. The summed E-state index contributed by atoms with van der Waals surface area (Å²) in [5.41, 5.74) is -0.117. The van der Waals surface area contributed by atoms with Crippen molar-refractivity contribution in [2.24, 2.45) is 5.41 Å². The van der Waals surface area contributed by atoms with Crippen LogP contribution in [0.3, 0.4) is 0 Å². The molecule has 0 radical (unpaired) electrons. The second kappa shape index (κ2) is 6.01. The summed E-state index contributed by atoms with van der Waals surface area (Å²) in [6.45, 7) is 6.41. The van der Waals surface area contributed by atoms with Crippen molar-refractivity contribution in [2.75, 3.05) is 6.61 Å². The predicted molar refractivity (Wildman–Crippen MR) is 76.0 cm³/mol. The van der Waals surface area contributed by atoms with E-state index in [9.17, 15) is 13.2 Å². The molecule has 1 N–H and O–H groups in total. The molecule has 0 amide bonds. The zero-order valence-electron chi connectivity index (χ0n) is 11.5. The van der Waals surface area contributed by atoms with Crippen LogP contribution in [0.2, 0.25) is 0 Å². The van der Waals surface area contributed by atoms with E-state index in [1.807, 2.05) is 20.8 Å². The summed E-state index contributed by atoms with van der Waals surface area (Å²) in [4.78, 5) is 10.5. The largest absolute Gasteiger partial charge is 0.492 e. The Balaban J connectivity index is 3.04. The summed E-state index contributed by atoms with van der Waals surface area (Å²) in [7, 11) is 1.24. The summed E-state index contributed by atoms with van der Waals surface area (Å²) in [6.07, 6.45) is 0.718. The molecule has 0 spiro atoms. The van der Waals surface area contributed by atoms with Gasteiger partial charge in [0, 0.05) is 10.7 Å². The molecule has 1 aromatic rings. The molecule has 0 fully saturated rings. The fraction of sp³-hybridized carbons (Fsp3) is 0.462. The number of aromatic carboxylic acids is 1. The maximum Gasteiger partial charge on any atom is 0.335 e. The van der Waals surface area contributed by atoms with E-state index in [-0.39, 0.29) is 21.6 Å². The van der Waals surface area contributed by atoms with Crippen LogP contribution in [0.25, 0.3) is 0 Å². The second-order valence-electron chi connectivity index (χ2n) is 5.56. The third kappa shape index (κ3) is 5.02. The standard InChI is InChI=1S/C13H17ClO5S/c1-13(2,3)6-7-19-10-5-4-9(12(15)16)8-11(10)20(14,17)18/h4-5,8H,6-7H2,1-3H3,(H,15,16). The highest BCUT2D eigenvalue weighted by atomic mass is 35.7. The van der Waals surface area contributed by atoms with E-state index in [4.69, 9.17) is 20.5 Å². The van der Waals surface area contributed by atoms with Gasteiger partial charge in [0.05, 0.1) is 12.2 Å². The molecule has 0 saturated carbocycles. The average Bonchev–Trinajstić information content (AvgIpc) is 2.25. The molecule has 0 bridgehead atoms. The molecule has 1 rings (SSSR count). The van der Waals surface area contributed by atoms with Crippen molar-refractivity contribution in [1.82, 2.24) is 0 Å². The van der Waals surface area contributed by atoms with Gasteiger partial charge in [0.2, 0.25) is 0 Å². The molecule has 5 nitrogen and oxygen atoms in total. The Morgan fingerprint density at radius 1 is 1.35 bits per heavy atom. The number of hydrogen-bond acceptors (Lipinski definition) is 4. The first-order valence-electron chi connectivity index (χ1n) is 5.95. The molecule has 7 heteroatoms. The molecule has 20 heavy (non-hydrogen) atoms. The number of halogens is 1. The molecule has 0 aliphatic carbocycles. The lowest BCUT2D eigenvalue weighted by Gasteiger charge is -2.18. The van der Waals surface area contributed by atoms with Crippen LogP contribution in [0.15, 0.2) is 23.1 Å². The maximum absolute atomic E-state index is 11.5. The van der Waals surface area contributed by atoms with Crippen LogP contribution in [-0.2, 0) is 9.05 Å². The van der Waals surface area contributed by atoms with Gasteiger partial charge in [0.25, 0.3) is 9.05 Å². The third-order valence-electron chi connectivity index (χ3n) is 2.56. The van der Waals surface area contributed by atoms with E-state index in [1.54, 1.807) is 0 Å². The van der Waals surface area contributed by atoms with Crippen LogP contribution in [-0.4, -0.2) is 26.1 Å². The quantitative estimate of drug-likeness (QED) is 0.843. The van der Waals surface area contributed by atoms with Crippen LogP contribution in [0.1, 0.15) is 37.6 Å². The normalized spacial score (nSPS) is 12.2. The van der Waals surface area contributed by atoms with Gasteiger partial charge in [-0.25, -0.2) is 13.2 Å². The smallest absolute Gasteiger partial charge is 0.335 e. The summed E-state index contributed by atoms with van der Waals surface area (Å²) < 4.78 is 28.4. The first-order valence-corrected chi connectivity index (χ1v) is 8.26. The fourth-order valence-electron chi connectivity index (χ4n) is 1.42. The van der Waals surface area contributed by atoms with Crippen molar-refractivity contribution in [1.29, 1.82) is 0 Å². The molecule has 112 valence electrons. The molecule has 0 unspecified atom stereocenters. The van der Waals surface area contributed by atoms with Crippen LogP contribution in [0.5, 0.6) is 5.75 Å². The lowest BCUT2D eigenvalue weighted by atomic mass is 9.93. The highest BCUT2D eigenvalue weighted by Crippen LogP contribution is 2.29. The first-order chi connectivity index (χ1) is 9.00. The van der Waals surface area contributed by atoms with Crippen LogP contribution in [0.4, 0.5) is 0 Å². The van der Waals surface area contributed by atoms with Crippen molar-refractivity contribution in [3.8, 4) is 5.75 Å². The van der Waals surface area contributed by atoms with Gasteiger partial charge in [0.1, 0.15) is 10.6 Å². The Morgan fingerprint density at radius 2 is 1.95 bits per heavy atom. The van der Waals surface area contributed by atoms with Crippen LogP contribution in [0, 0.1) is 5.41 Å². The lowest BCUT2D eigenvalue weighted by Crippen LogP contribution is -2.12. The minimum absolute atomic E-state index is 0.0427. The van der Waals surface area contributed by atoms with Crippen molar-refractivity contribution >= 4 is 25.7 Å². The van der Waals surface area contributed by atoms with Crippen molar-refractivity contribution in [2.45, 2.75) is 32.1 Å². The second-order valence-corrected chi connectivity index (χ2v) is 8.10. The van der Waals surface area contributed by atoms with Crippen molar-refractivity contribution in [3.63, 3.8) is 0 Å². The summed E-state index contributed by atoms with van der Waals surface area (Å²) in [5, 5.41) is 8.87. The Labute approximate surface area is 122 Å². The Bertz CT molecular complexity index is 602. The average molecular weight is 321 g/mol. The van der Waals surface area contributed by atoms with E-state index in [0.29, 0.717) is 6.61 Å². The Morgan fingerprint density at radius 3 is 2.40 bits per heavy atom. The zero-order valence-corrected chi connectivity index (χ0v) is 13.1. The predicted octanol–water partition coefficient (Wildman–Crippen LogP) is 3.13. The van der Waals surface area contributed by atoms with Crippen molar-refractivity contribution in [3.05, 3.63) is 23.8 Å². The maximum atomic E-state index is 11.5. The molecule has 1 aromatic carbocycles. The van der Waals surface area contributed by atoms with E-state index in [1.165, 1.54) is 12.1 Å². The molecule has 0 heterocycles. The van der Waals surface area contributed by atoms with E-state index in [2.05, 4.69) is 0 Å². The summed E-state index contributed by atoms with van der Waals surface area (Å²) in [5.74, 6) is -1.16. The molecule has 0 aliphatic heterocycles. The summed E-state index contributed by atoms with van der Waals surface area (Å²) >= 11 is 0. The van der Waals surface area contributed by atoms with E-state index in [0.717, 1.165) is 12.5 Å².